The van der Waals surface area contributed by atoms with Crippen LogP contribution in [0.2, 0.25) is 0 Å². The van der Waals surface area contributed by atoms with Crippen LogP contribution in [0.4, 0.5) is 0 Å². The Labute approximate surface area is 156 Å². The van der Waals surface area contributed by atoms with E-state index in [1.54, 1.807) is 6.08 Å². The average Bonchev–Trinajstić information content (AvgIpc) is 2.94. The lowest BCUT2D eigenvalue weighted by molar-refractivity contribution is -0.129. The Morgan fingerprint density at radius 2 is 1.96 bits per heavy atom. The Balaban J connectivity index is 1.43. The quantitative estimate of drug-likeness (QED) is 0.718. The lowest BCUT2D eigenvalue weighted by atomic mass is 9.97. The van der Waals surface area contributed by atoms with Gasteiger partial charge in [-0.15, -0.1) is 0 Å². The van der Waals surface area contributed by atoms with Crippen LogP contribution in [-0.2, 0) is 9.59 Å². The molecular formula is C20H32N4O2. The van der Waals surface area contributed by atoms with Crippen LogP contribution in [0.5, 0.6) is 0 Å². The van der Waals surface area contributed by atoms with Crippen LogP contribution < -0.4 is 5.32 Å². The normalized spacial score (nSPS) is 29.1. The number of carbonyl (C=O) groups is 2. The lowest BCUT2D eigenvalue weighted by Gasteiger charge is -2.46. The maximum absolute atomic E-state index is 12.5. The highest BCUT2D eigenvalue weighted by molar-refractivity contribution is 5.88. The number of nitrogens with zero attached hydrogens (tertiary/aromatic N) is 3. The Morgan fingerprint density at radius 1 is 1.15 bits per heavy atom. The monoisotopic (exact) mass is 360 g/mol. The maximum Gasteiger partial charge on any atom is 0.246 e. The van der Waals surface area contributed by atoms with Gasteiger partial charge in [-0.2, -0.15) is 0 Å². The van der Waals surface area contributed by atoms with Crippen LogP contribution in [0.15, 0.2) is 24.8 Å². The number of likely N-dealkylation sites (tertiary alicyclic amines) is 3. The van der Waals surface area contributed by atoms with Gasteiger partial charge in [-0.1, -0.05) is 26.5 Å². The largest absolute Gasteiger partial charge is 0.338 e. The lowest BCUT2D eigenvalue weighted by Crippen LogP contribution is -2.62. The molecule has 0 radical (unpaired) electrons. The van der Waals surface area contributed by atoms with Crippen LogP contribution in [0.3, 0.4) is 0 Å². The fourth-order valence-corrected chi connectivity index (χ4v) is 4.50. The molecule has 6 nitrogen and oxygen atoms in total. The van der Waals surface area contributed by atoms with Crippen LogP contribution in [0.25, 0.3) is 0 Å². The first-order chi connectivity index (χ1) is 12.5. The SMILES string of the molecule is C=CC(=O)N1CCC2C1CN2C/C=C/C(=O)N1CCCC(NC(C)C)C1. The zero-order valence-electron chi connectivity index (χ0n) is 16.1. The van der Waals surface area contributed by atoms with Gasteiger partial charge < -0.3 is 15.1 Å². The smallest absolute Gasteiger partial charge is 0.246 e. The summed E-state index contributed by atoms with van der Waals surface area (Å²) in [5.74, 6) is 0.157. The number of hydrogen-bond acceptors (Lipinski definition) is 4. The first-order valence-electron chi connectivity index (χ1n) is 9.88. The second kappa shape index (κ2) is 8.35. The fourth-order valence-electron chi connectivity index (χ4n) is 4.50. The first-order valence-corrected chi connectivity index (χ1v) is 9.88. The Hall–Kier alpha value is -1.66. The molecule has 0 saturated carbocycles. The standard InChI is InChI=1S/C20H32N4O2/c1-4-19(25)24-12-9-17-18(24)14-22(17)10-6-8-20(26)23-11-5-7-16(13-23)21-15(2)3/h4,6,8,15-18,21H,1,5,7,9-14H2,2-3H3/b8-6+. The van der Waals surface area contributed by atoms with Crippen molar-refractivity contribution in [2.75, 3.05) is 32.7 Å². The highest BCUT2D eigenvalue weighted by Crippen LogP contribution is 2.32. The van der Waals surface area contributed by atoms with Crippen molar-refractivity contribution in [1.82, 2.24) is 20.0 Å². The van der Waals surface area contributed by atoms with Crippen molar-refractivity contribution in [3.05, 3.63) is 24.8 Å². The van der Waals surface area contributed by atoms with E-state index in [2.05, 4.69) is 30.6 Å². The Bertz CT molecular complexity index is 574. The number of piperidine rings is 1. The first kappa shape index (κ1) is 19.1. The molecule has 3 heterocycles. The van der Waals surface area contributed by atoms with Gasteiger partial charge in [0.05, 0.1) is 6.04 Å². The van der Waals surface area contributed by atoms with Crippen LogP contribution in [-0.4, -0.2) is 83.4 Å². The molecular weight excluding hydrogens is 328 g/mol. The minimum atomic E-state index is 0.0394. The molecule has 3 aliphatic rings. The third-order valence-electron chi connectivity index (χ3n) is 5.76. The third-order valence-corrected chi connectivity index (χ3v) is 5.76. The van der Waals surface area contributed by atoms with Gasteiger partial charge in [-0.05, 0) is 25.3 Å². The second-order valence-corrected chi connectivity index (χ2v) is 7.96. The van der Waals surface area contributed by atoms with E-state index in [0.717, 1.165) is 52.0 Å². The Kier molecular flexibility index (Phi) is 6.14. The van der Waals surface area contributed by atoms with Gasteiger partial charge in [0.1, 0.15) is 0 Å². The molecule has 0 bridgehead atoms. The topological polar surface area (TPSA) is 55.9 Å². The summed E-state index contributed by atoms with van der Waals surface area (Å²) in [6, 6.07) is 1.62. The summed E-state index contributed by atoms with van der Waals surface area (Å²) < 4.78 is 0. The van der Waals surface area contributed by atoms with Gasteiger partial charge >= 0.3 is 0 Å². The summed E-state index contributed by atoms with van der Waals surface area (Å²) in [6.45, 7) is 12.0. The summed E-state index contributed by atoms with van der Waals surface area (Å²) >= 11 is 0. The number of amides is 2. The molecule has 3 fully saturated rings. The highest BCUT2D eigenvalue weighted by Gasteiger charge is 2.47. The van der Waals surface area contributed by atoms with E-state index < -0.39 is 0 Å². The summed E-state index contributed by atoms with van der Waals surface area (Å²) in [6.07, 6.45) is 8.34. The van der Waals surface area contributed by atoms with E-state index in [-0.39, 0.29) is 11.8 Å². The molecule has 0 aromatic heterocycles. The van der Waals surface area contributed by atoms with E-state index in [4.69, 9.17) is 0 Å². The molecule has 26 heavy (non-hydrogen) atoms. The van der Waals surface area contributed by atoms with Crippen LogP contribution in [0.1, 0.15) is 33.1 Å². The molecule has 3 aliphatic heterocycles. The number of hydrogen-bond donors (Lipinski definition) is 1. The summed E-state index contributed by atoms with van der Waals surface area (Å²) in [7, 11) is 0. The van der Waals surface area contributed by atoms with Crippen molar-refractivity contribution in [3.8, 4) is 0 Å². The minimum Gasteiger partial charge on any atom is -0.338 e. The van der Waals surface area contributed by atoms with E-state index in [0.29, 0.717) is 24.2 Å². The van der Waals surface area contributed by atoms with Gasteiger partial charge in [0.2, 0.25) is 11.8 Å². The second-order valence-electron chi connectivity index (χ2n) is 7.96. The molecule has 6 heteroatoms. The van der Waals surface area contributed by atoms with Crippen molar-refractivity contribution in [1.29, 1.82) is 0 Å². The predicted molar refractivity (Wildman–Crippen MR) is 103 cm³/mol. The number of fused-ring (bicyclic) bond motifs is 1. The van der Waals surface area contributed by atoms with Crippen molar-refractivity contribution < 1.29 is 9.59 Å². The summed E-state index contributed by atoms with van der Waals surface area (Å²) in [4.78, 5) is 30.5. The van der Waals surface area contributed by atoms with Crippen molar-refractivity contribution in [2.24, 2.45) is 0 Å². The van der Waals surface area contributed by atoms with E-state index in [1.165, 1.54) is 6.08 Å². The number of nitrogens with one attached hydrogen (secondary N) is 1. The molecule has 3 saturated heterocycles. The third kappa shape index (κ3) is 4.18. The number of rotatable bonds is 6. The summed E-state index contributed by atoms with van der Waals surface area (Å²) in [5.41, 5.74) is 0. The molecule has 3 unspecified atom stereocenters. The van der Waals surface area contributed by atoms with Crippen LogP contribution >= 0.6 is 0 Å². The maximum atomic E-state index is 12.5. The zero-order chi connectivity index (χ0) is 18.7. The van der Waals surface area contributed by atoms with Crippen molar-refractivity contribution in [3.63, 3.8) is 0 Å². The molecule has 3 rings (SSSR count). The molecule has 3 atom stereocenters. The van der Waals surface area contributed by atoms with Gasteiger partial charge in [0, 0.05) is 56.9 Å². The predicted octanol–water partition coefficient (Wildman–Crippen LogP) is 1.00. The molecule has 0 aliphatic carbocycles. The van der Waals surface area contributed by atoms with Gasteiger partial charge in [-0.25, -0.2) is 0 Å². The van der Waals surface area contributed by atoms with E-state index in [1.807, 2.05) is 15.9 Å². The average molecular weight is 361 g/mol. The highest BCUT2D eigenvalue weighted by atomic mass is 16.2. The zero-order valence-corrected chi connectivity index (χ0v) is 16.1. The minimum absolute atomic E-state index is 0.0394. The van der Waals surface area contributed by atoms with Gasteiger partial charge in [-0.3, -0.25) is 14.5 Å². The molecule has 144 valence electrons. The molecule has 0 aromatic carbocycles. The van der Waals surface area contributed by atoms with E-state index >= 15 is 0 Å². The van der Waals surface area contributed by atoms with Crippen LogP contribution in [0, 0.1) is 0 Å². The van der Waals surface area contributed by atoms with Crippen molar-refractivity contribution >= 4 is 11.8 Å². The fraction of sp³-hybridized carbons (Fsp3) is 0.700. The molecule has 1 N–H and O–H groups in total. The molecule has 0 spiro atoms. The molecule has 2 amide bonds. The number of carbonyl (C=O) groups excluding carboxylic acids is 2. The van der Waals surface area contributed by atoms with Gasteiger partial charge in [0.25, 0.3) is 0 Å². The van der Waals surface area contributed by atoms with E-state index in [9.17, 15) is 9.59 Å². The Morgan fingerprint density at radius 3 is 2.69 bits per heavy atom. The summed E-state index contributed by atoms with van der Waals surface area (Å²) in [5, 5.41) is 3.54. The van der Waals surface area contributed by atoms with Crippen molar-refractivity contribution in [2.45, 2.75) is 57.3 Å². The van der Waals surface area contributed by atoms with Gasteiger partial charge in [0.15, 0.2) is 0 Å². The molecule has 0 aromatic rings.